The van der Waals surface area contributed by atoms with Gasteiger partial charge in [0.25, 0.3) is 0 Å². The molecule has 0 spiro atoms. The molecule has 0 aromatic carbocycles. The number of fused-ring (bicyclic) bond motifs is 2. The summed E-state index contributed by atoms with van der Waals surface area (Å²) in [5, 5.41) is 4.04. The normalized spacial score (nSPS) is 31.3. The van der Waals surface area contributed by atoms with Gasteiger partial charge < -0.3 is 15.2 Å². The fourth-order valence-corrected chi connectivity index (χ4v) is 3.83. The van der Waals surface area contributed by atoms with Crippen molar-refractivity contribution in [3.8, 4) is 0 Å². The molecule has 2 aliphatic rings. The largest absolute Gasteiger partial charge is 0.339 e. The van der Waals surface area contributed by atoms with Crippen molar-refractivity contribution in [2.45, 2.75) is 38.1 Å². The van der Waals surface area contributed by atoms with Gasteiger partial charge >= 0.3 is 0 Å². The SMILES string of the molecule is CN(C)CC(N)c1noc(CC2CC3CCC2C3)n1. The zero-order chi connectivity index (χ0) is 13.4. The molecule has 106 valence electrons. The second-order valence-electron chi connectivity index (χ2n) is 6.55. The van der Waals surface area contributed by atoms with Crippen molar-refractivity contribution in [3.63, 3.8) is 0 Å². The first-order valence-electron chi connectivity index (χ1n) is 7.34. The minimum Gasteiger partial charge on any atom is -0.339 e. The standard InChI is InChI=1S/C14H24N4O/c1-18(2)8-12(15)14-16-13(19-17-14)7-11-6-9-3-4-10(11)5-9/h9-12H,3-8,15H2,1-2H3. The molecule has 1 aromatic rings. The quantitative estimate of drug-likeness (QED) is 0.875. The molecule has 2 fully saturated rings. The van der Waals surface area contributed by atoms with Gasteiger partial charge in [0, 0.05) is 13.0 Å². The summed E-state index contributed by atoms with van der Waals surface area (Å²) >= 11 is 0. The highest BCUT2D eigenvalue weighted by Gasteiger charge is 2.40. The number of aromatic nitrogens is 2. The Labute approximate surface area is 114 Å². The summed E-state index contributed by atoms with van der Waals surface area (Å²) in [5.41, 5.74) is 6.05. The van der Waals surface area contributed by atoms with E-state index in [1.165, 1.54) is 25.7 Å². The predicted octanol–water partition coefficient (Wildman–Crippen LogP) is 1.61. The van der Waals surface area contributed by atoms with E-state index in [4.69, 9.17) is 10.3 Å². The Balaban J connectivity index is 1.59. The van der Waals surface area contributed by atoms with E-state index in [1.54, 1.807) is 0 Å². The van der Waals surface area contributed by atoms with Gasteiger partial charge in [-0.25, -0.2) is 0 Å². The van der Waals surface area contributed by atoms with Gasteiger partial charge in [-0.15, -0.1) is 0 Å². The molecule has 4 atom stereocenters. The Morgan fingerprint density at radius 3 is 2.84 bits per heavy atom. The average molecular weight is 264 g/mol. The maximum absolute atomic E-state index is 6.05. The van der Waals surface area contributed by atoms with Crippen LogP contribution in [0.2, 0.25) is 0 Å². The van der Waals surface area contributed by atoms with E-state index in [0.717, 1.165) is 36.6 Å². The van der Waals surface area contributed by atoms with Crippen LogP contribution in [0.3, 0.4) is 0 Å². The Bertz CT molecular complexity index is 431. The lowest BCUT2D eigenvalue weighted by atomic mass is 9.86. The third-order valence-electron chi connectivity index (χ3n) is 4.70. The van der Waals surface area contributed by atoms with E-state index < -0.39 is 0 Å². The molecule has 0 radical (unpaired) electrons. The highest BCUT2D eigenvalue weighted by molar-refractivity contribution is 4.98. The molecule has 2 saturated carbocycles. The lowest BCUT2D eigenvalue weighted by Gasteiger charge is -2.19. The van der Waals surface area contributed by atoms with Crippen LogP contribution in [0.5, 0.6) is 0 Å². The number of nitrogens with two attached hydrogens (primary N) is 1. The number of hydrogen-bond donors (Lipinski definition) is 1. The second-order valence-corrected chi connectivity index (χ2v) is 6.55. The van der Waals surface area contributed by atoms with Crippen LogP contribution in [0.15, 0.2) is 4.52 Å². The third kappa shape index (κ3) is 2.82. The second kappa shape index (κ2) is 5.21. The first-order chi connectivity index (χ1) is 9.11. The summed E-state index contributed by atoms with van der Waals surface area (Å²) in [4.78, 5) is 6.52. The van der Waals surface area contributed by atoms with E-state index in [1.807, 2.05) is 19.0 Å². The summed E-state index contributed by atoms with van der Waals surface area (Å²) in [6, 6.07) is -0.160. The summed E-state index contributed by atoms with van der Waals surface area (Å²) in [7, 11) is 3.99. The van der Waals surface area contributed by atoms with Crippen LogP contribution >= 0.6 is 0 Å². The molecule has 19 heavy (non-hydrogen) atoms. The zero-order valence-electron chi connectivity index (χ0n) is 11.9. The van der Waals surface area contributed by atoms with E-state index in [-0.39, 0.29) is 6.04 Å². The fourth-order valence-electron chi connectivity index (χ4n) is 3.83. The maximum Gasteiger partial charge on any atom is 0.226 e. The summed E-state index contributed by atoms with van der Waals surface area (Å²) < 4.78 is 5.38. The van der Waals surface area contributed by atoms with Crippen molar-refractivity contribution in [3.05, 3.63) is 11.7 Å². The van der Waals surface area contributed by atoms with E-state index in [2.05, 4.69) is 10.1 Å². The van der Waals surface area contributed by atoms with Gasteiger partial charge in [-0.05, 0) is 51.1 Å². The van der Waals surface area contributed by atoms with E-state index in [9.17, 15) is 0 Å². The first-order valence-corrected chi connectivity index (χ1v) is 7.34. The van der Waals surface area contributed by atoms with E-state index >= 15 is 0 Å². The van der Waals surface area contributed by atoms with Gasteiger partial charge in [-0.1, -0.05) is 11.6 Å². The van der Waals surface area contributed by atoms with Crippen LogP contribution in [0.1, 0.15) is 43.4 Å². The van der Waals surface area contributed by atoms with Crippen LogP contribution in [-0.4, -0.2) is 35.7 Å². The topological polar surface area (TPSA) is 68.2 Å². The van der Waals surface area contributed by atoms with Crippen molar-refractivity contribution in [1.29, 1.82) is 0 Å². The van der Waals surface area contributed by atoms with Crippen LogP contribution in [0.4, 0.5) is 0 Å². The van der Waals surface area contributed by atoms with Gasteiger partial charge in [0.2, 0.25) is 5.89 Å². The molecule has 2 N–H and O–H groups in total. The minimum absolute atomic E-state index is 0.160. The molecule has 3 rings (SSSR count). The predicted molar refractivity (Wildman–Crippen MR) is 72.4 cm³/mol. The minimum atomic E-state index is -0.160. The highest BCUT2D eigenvalue weighted by atomic mass is 16.5. The fraction of sp³-hybridized carbons (Fsp3) is 0.857. The summed E-state index contributed by atoms with van der Waals surface area (Å²) in [6.07, 6.45) is 6.56. The maximum atomic E-state index is 6.05. The smallest absolute Gasteiger partial charge is 0.226 e. The van der Waals surface area contributed by atoms with Crippen molar-refractivity contribution in [2.75, 3.05) is 20.6 Å². The molecule has 2 aliphatic carbocycles. The van der Waals surface area contributed by atoms with E-state index in [0.29, 0.717) is 5.82 Å². The van der Waals surface area contributed by atoms with Crippen molar-refractivity contribution in [1.82, 2.24) is 15.0 Å². The van der Waals surface area contributed by atoms with Gasteiger partial charge in [0.1, 0.15) is 0 Å². The molecule has 1 heterocycles. The number of rotatable bonds is 5. The Kier molecular flexibility index (Phi) is 3.58. The van der Waals surface area contributed by atoms with Gasteiger partial charge in [0.15, 0.2) is 5.82 Å². The molecule has 2 bridgehead atoms. The van der Waals surface area contributed by atoms with Crippen LogP contribution in [0.25, 0.3) is 0 Å². The molecule has 5 heteroatoms. The zero-order valence-corrected chi connectivity index (χ0v) is 11.9. The van der Waals surface area contributed by atoms with Crippen molar-refractivity contribution in [2.24, 2.45) is 23.5 Å². The average Bonchev–Trinajstić information content (AvgIpc) is 3.03. The van der Waals surface area contributed by atoms with Gasteiger partial charge in [0.05, 0.1) is 6.04 Å². The molecular formula is C14H24N4O. The Hall–Kier alpha value is -0.940. The molecule has 0 saturated heterocycles. The number of nitrogens with zero attached hydrogens (tertiary/aromatic N) is 3. The van der Waals surface area contributed by atoms with Crippen LogP contribution in [0, 0.1) is 17.8 Å². The van der Waals surface area contributed by atoms with Crippen LogP contribution < -0.4 is 5.73 Å². The summed E-state index contributed by atoms with van der Waals surface area (Å²) in [6.45, 7) is 0.743. The lowest BCUT2D eigenvalue weighted by molar-refractivity contribution is 0.286. The Morgan fingerprint density at radius 1 is 1.37 bits per heavy atom. The number of hydrogen-bond acceptors (Lipinski definition) is 5. The van der Waals surface area contributed by atoms with Gasteiger partial charge in [-0.2, -0.15) is 4.98 Å². The lowest BCUT2D eigenvalue weighted by Crippen LogP contribution is -2.26. The first kappa shape index (κ1) is 13.1. The molecule has 5 nitrogen and oxygen atoms in total. The number of likely N-dealkylation sites (N-methyl/N-ethyl adjacent to an activating group) is 1. The monoisotopic (exact) mass is 264 g/mol. The Morgan fingerprint density at radius 2 is 2.21 bits per heavy atom. The molecule has 0 amide bonds. The summed E-state index contributed by atoms with van der Waals surface area (Å²) in [5.74, 6) is 4.05. The third-order valence-corrected chi connectivity index (χ3v) is 4.70. The highest BCUT2D eigenvalue weighted by Crippen LogP contribution is 2.49. The van der Waals surface area contributed by atoms with Crippen molar-refractivity contribution >= 4 is 0 Å². The molecule has 4 unspecified atom stereocenters. The van der Waals surface area contributed by atoms with Crippen molar-refractivity contribution < 1.29 is 4.52 Å². The molecular weight excluding hydrogens is 240 g/mol. The molecule has 1 aromatic heterocycles. The van der Waals surface area contributed by atoms with Crippen LogP contribution in [-0.2, 0) is 6.42 Å². The van der Waals surface area contributed by atoms with Gasteiger partial charge in [-0.3, -0.25) is 0 Å². The molecule has 0 aliphatic heterocycles.